The van der Waals surface area contributed by atoms with Crippen LogP contribution in [-0.2, 0) is 0 Å². The Morgan fingerprint density at radius 1 is 1.16 bits per heavy atom. The molecule has 0 saturated carbocycles. The molecule has 0 amide bonds. The highest BCUT2D eigenvalue weighted by atomic mass is 16.5. The third-order valence-electron chi connectivity index (χ3n) is 3.73. The van der Waals surface area contributed by atoms with Crippen molar-refractivity contribution in [3.63, 3.8) is 0 Å². The summed E-state index contributed by atoms with van der Waals surface area (Å²) < 4.78 is 7.23. The molecule has 0 unspecified atom stereocenters. The zero-order valence-corrected chi connectivity index (χ0v) is 14.4. The van der Waals surface area contributed by atoms with Gasteiger partial charge in [0.25, 0.3) is 0 Å². The van der Waals surface area contributed by atoms with E-state index < -0.39 is 0 Å². The van der Waals surface area contributed by atoms with Crippen molar-refractivity contribution in [2.24, 2.45) is 0 Å². The van der Waals surface area contributed by atoms with Gasteiger partial charge in [-0.3, -0.25) is 4.79 Å². The molecule has 1 aromatic heterocycles. The molecule has 25 heavy (non-hydrogen) atoms. The number of phenols is 1. The van der Waals surface area contributed by atoms with Crippen LogP contribution in [0.1, 0.15) is 35.3 Å². The van der Waals surface area contributed by atoms with Crippen molar-refractivity contribution >= 4 is 5.78 Å². The molecule has 0 bridgehead atoms. The average Bonchev–Trinajstić information content (AvgIpc) is 3.06. The summed E-state index contributed by atoms with van der Waals surface area (Å²) in [5.41, 5.74) is 2.61. The van der Waals surface area contributed by atoms with Crippen molar-refractivity contribution in [2.75, 3.05) is 0 Å². The maximum atomic E-state index is 12.7. The number of benzene rings is 2. The molecule has 1 N–H and O–H groups in total. The lowest BCUT2D eigenvalue weighted by molar-refractivity contribution is 0.103. The van der Waals surface area contributed by atoms with E-state index in [9.17, 15) is 9.90 Å². The molecule has 0 aliphatic carbocycles. The predicted octanol–water partition coefficient (Wildman–Crippen LogP) is 3.90. The Bertz CT molecular complexity index is 896. The fourth-order valence-corrected chi connectivity index (χ4v) is 2.48. The summed E-state index contributed by atoms with van der Waals surface area (Å²) in [4.78, 5) is 12.7. The first-order chi connectivity index (χ1) is 11.9. The van der Waals surface area contributed by atoms with E-state index in [0.717, 1.165) is 11.3 Å². The minimum atomic E-state index is -0.301. The SMILES string of the molecule is Cc1ccc(-n2cc(C(=O)c3cc(OC(C)C)ccc3O)cn2)cc1. The van der Waals surface area contributed by atoms with Gasteiger partial charge in [0.05, 0.1) is 29.1 Å². The minimum absolute atomic E-state index is 0.0169. The summed E-state index contributed by atoms with van der Waals surface area (Å²) in [7, 11) is 0. The first-order valence-electron chi connectivity index (χ1n) is 8.10. The second-order valence-corrected chi connectivity index (χ2v) is 6.18. The van der Waals surface area contributed by atoms with Gasteiger partial charge in [0.1, 0.15) is 11.5 Å². The Morgan fingerprint density at radius 2 is 1.88 bits per heavy atom. The quantitative estimate of drug-likeness (QED) is 0.718. The van der Waals surface area contributed by atoms with Crippen LogP contribution in [0, 0.1) is 6.92 Å². The summed E-state index contributed by atoms with van der Waals surface area (Å²) in [6.07, 6.45) is 3.14. The Hall–Kier alpha value is -3.08. The van der Waals surface area contributed by atoms with Gasteiger partial charge in [0, 0.05) is 6.20 Å². The van der Waals surface area contributed by atoms with E-state index in [1.54, 1.807) is 23.0 Å². The Labute approximate surface area is 146 Å². The van der Waals surface area contributed by atoms with E-state index in [1.807, 2.05) is 45.0 Å². The molecule has 0 saturated heterocycles. The Kier molecular flexibility index (Phi) is 4.57. The molecule has 0 aliphatic heterocycles. The van der Waals surface area contributed by atoms with Gasteiger partial charge in [-0.15, -0.1) is 0 Å². The lowest BCUT2D eigenvalue weighted by atomic mass is 10.1. The number of hydrogen-bond acceptors (Lipinski definition) is 4. The van der Waals surface area contributed by atoms with Crippen molar-refractivity contribution in [3.05, 3.63) is 71.5 Å². The van der Waals surface area contributed by atoms with Crippen molar-refractivity contribution < 1.29 is 14.6 Å². The van der Waals surface area contributed by atoms with Crippen molar-refractivity contribution in [2.45, 2.75) is 26.9 Å². The molecule has 5 nitrogen and oxygen atoms in total. The zero-order valence-electron chi connectivity index (χ0n) is 14.4. The van der Waals surface area contributed by atoms with Gasteiger partial charge in [-0.05, 0) is 51.1 Å². The first-order valence-corrected chi connectivity index (χ1v) is 8.10. The number of ether oxygens (including phenoxy) is 1. The van der Waals surface area contributed by atoms with E-state index in [-0.39, 0.29) is 23.2 Å². The number of nitrogens with zero attached hydrogens (tertiary/aromatic N) is 2. The topological polar surface area (TPSA) is 64.3 Å². The summed E-state index contributed by atoms with van der Waals surface area (Å²) in [6, 6.07) is 12.5. The fourth-order valence-electron chi connectivity index (χ4n) is 2.48. The number of carbonyl (C=O) groups excluding carboxylic acids is 1. The highest BCUT2D eigenvalue weighted by Gasteiger charge is 2.17. The highest BCUT2D eigenvalue weighted by Crippen LogP contribution is 2.26. The number of phenolic OH excluding ortho intramolecular Hbond substituents is 1. The van der Waals surface area contributed by atoms with Crippen LogP contribution >= 0.6 is 0 Å². The number of aromatic hydroxyl groups is 1. The number of rotatable bonds is 5. The molecule has 5 heteroatoms. The van der Waals surface area contributed by atoms with Crippen LogP contribution in [0.15, 0.2) is 54.9 Å². The number of aromatic nitrogens is 2. The molecule has 1 heterocycles. The fraction of sp³-hybridized carbons (Fsp3) is 0.200. The van der Waals surface area contributed by atoms with Crippen LogP contribution < -0.4 is 4.74 Å². The Morgan fingerprint density at radius 3 is 2.56 bits per heavy atom. The van der Waals surface area contributed by atoms with Crippen molar-refractivity contribution in [1.82, 2.24) is 9.78 Å². The van der Waals surface area contributed by atoms with Crippen LogP contribution in [0.25, 0.3) is 5.69 Å². The zero-order chi connectivity index (χ0) is 18.0. The van der Waals surface area contributed by atoms with Crippen LogP contribution in [0.4, 0.5) is 0 Å². The van der Waals surface area contributed by atoms with Gasteiger partial charge in [0.2, 0.25) is 0 Å². The maximum absolute atomic E-state index is 12.7. The lowest BCUT2D eigenvalue weighted by Crippen LogP contribution is -2.07. The molecule has 0 atom stereocenters. The summed E-state index contributed by atoms with van der Waals surface area (Å²) in [5, 5.41) is 14.3. The second-order valence-electron chi connectivity index (χ2n) is 6.18. The smallest absolute Gasteiger partial charge is 0.200 e. The molecule has 0 spiro atoms. The summed E-state index contributed by atoms with van der Waals surface area (Å²) in [6.45, 7) is 5.82. The van der Waals surface area contributed by atoms with Crippen LogP contribution in [0.3, 0.4) is 0 Å². The van der Waals surface area contributed by atoms with Gasteiger partial charge in [-0.1, -0.05) is 17.7 Å². The first kappa shape index (κ1) is 16.8. The van der Waals surface area contributed by atoms with Gasteiger partial charge >= 0.3 is 0 Å². The average molecular weight is 336 g/mol. The maximum Gasteiger partial charge on any atom is 0.200 e. The predicted molar refractivity (Wildman–Crippen MR) is 95.6 cm³/mol. The second kappa shape index (κ2) is 6.81. The Balaban J connectivity index is 1.90. The molecule has 0 aliphatic rings. The van der Waals surface area contributed by atoms with Gasteiger partial charge in [0.15, 0.2) is 5.78 Å². The molecule has 128 valence electrons. The molecule has 0 radical (unpaired) electrons. The van der Waals surface area contributed by atoms with Crippen LogP contribution in [0.2, 0.25) is 0 Å². The van der Waals surface area contributed by atoms with E-state index in [2.05, 4.69) is 5.10 Å². The van der Waals surface area contributed by atoms with E-state index in [1.165, 1.54) is 12.3 Å². The molecular formula is C20H20N2O3. The number of ketones is 1. The third-order valence-corrected chi connectivity index (χ3v) is 3.73. The summed E-state index contributed by atoms with van der Waals surface area (Å²) in [5.74, 6) is 0.163. The molecule has 2 aromatic carbocycles. The van der Waals surface area contributed by atoms with Gasteiger partial charge < -0.3 is 9.84 Å². The molecular weight excluding hydrogens is 316 g/mol. The molecule has 3 aromatic rings. The number of hydrogen-bond donors (Lipinski definition) is 1. The number of aryl methyl sites for hydroxylation is 1. The summed E-state index contributed by atoms with van der Waals surface area (Å²) >= 11 is 0. The normalized spacial score (nSPS) is 10.9. The number of carbonyl (C=O) groups is 1. The van der Waals surface area contributed by atoms with Crippen molar-refractivity contribution in [1.29, 1.82) is 0 Å². The third kappa shape index (κ3) is 3.71. The highest BCUT2D eigenvalue weighted by molar-refractivity contribution is 6.10. The lowest BCUT2D eigenvalue weighted by Gasteiger charge is -2.11. The molecule has 0 fully saturated rings. The van der Waals surface area contributed by atoms with Crippen LogP contribution in [-0.4, -0.2) is 26.8 Å². The monoisotopic (exact) mass is 336 g/mol. The minimum Gasteiger partial charge on any atom is -0.507 e. The van der Waals surface area contributed by atoms with Gasteiger partial charge in [-0.25, -0.2) is 4.68 Å². The van der Waals surface area contributed by atoms with Crippen LogP contribution in [0.5, 0.6) is 11.5 Å². The standard InChI is InChI=1S/C20H20N2O3/c1-13(2)25-17-8-9-19(23)18(10-17)20(24)15-11-21-22(12-15)16-6-4-14(3)5-7-16/h4-13,23H,1-3H3. The van der Waals surface area contributed by atoms with E-state index in [4.69, 9.17) is 4.74 Å². The molecule has 3 rings (SSSR count). The van der Waals surface area contributed by atoms with E-state index in [0.29, 0.717) is 11.3 Å². The van der Waals surface area contributed by atoms with E-state index >= 15 is 0 Å². The van der Waals surface area contributed by atoms with Crippen molar-refractivity contribution in [3.8, 4) is 17.2 Å². The van der Waals surface area contributed by atoms with Gasteiger partial charge in [-0.2, -0.15) is 5.10 Å². The largest absolute Gasteiger partial charge is 0.507 e.